The van der Waals surface area contributed by atoms with E-state index in [1.54, 1.807) is 0 Å². The van der Waals surface area contributed by atoms with E-state index >= 15 is 0 Å². The fourth-order valence-electron chi connectivity index (χ4n) is 0.854. The Morgan fingerprint density at radius 3 is 2.21 bits per heavy atom. The first-order valence-corrected chi connectivity index (χ1v) is 5.67. The highest BCUT2D eigenvalue weighted by Gasteiger charge is 2.16. The number of nitrogens with zero attached hydrogens (tertiary/aromatic N) is 1. The molecule has 0 heterocycles. The van der Waals surface area contributed by atoms with Gasteiger partial charge in [-0.25, -0.2) is 0 Å². The molecule has 14 heavy (non-hydrogen) atoms. The number of alkyl halides is 1. The minimum Gasteiger partial charge on any atom is -0.257 e. The molecule has 76 valence electrons. The van der Waals surface area contributed by atoms with Crippen LogP contribution in [0.2, 0.25) is 0 Å². The summed E-state index contributed by atoms with van der Waals surface area (Å²) in [5.74, 6) is 0. The molecule has 0 aromatic heterocycles. The summed E-state index contributed by atoms with van der Waals surface area (Å²) < 4.78 is -0.0490. The summed E-state index contributed by atoms with van der Waals surface area (Å²) >= 11 is 7.79. The van der Waals surface area contributed by atoms with Crippen LogP contribution in [0.15, 0.2) is 34.2 Å². The predicted octanol–water partition coefficient (Wildman–Crippen LogP) is 4.24. The molecule has 0 fully saturated rings. The van der Waals surface area contributed by atoms with Gasteiger partial charge in [-0.1, -0.05) is 15.9 Å². The van der Waals surface area contributed by atoms with Crippen LogP contribution in [0.25, 0.3) is 0 Å². The molecule has 3 heteroatoms. The van der Waals surface area contributed by atoms with Crippen LogP contribution in [0.1, 0.15) is 20.8 Å². The van der Waals surface area contributed by atoms with Crippen molar-refractivity contribution in [2.24, 2.45) is 4.99 Å². The molecule has 0 bridgehead atoms. The van der Waals surface area contributed by atoms with Crippen LogP contribution in [0.4, 0.5) is 5.69 Å². The summed E-state index contributed by atoms with van der Waals surface area (Å²) in [6.07, 6.45) is 0. The maximum atomic E-state index is 4.51. The van der Waals surface area contributed by atoms with Crippen molar-refractivity contribution in [1.29, 1.82) is 0 Å². The van der Waals surface area contributed by atoms with Crippen molar-refractivity contribution in [3.05, 3.63) is 24.3 Å². The van der Waals surface area contributed by atoms with E-state index in [0.717, 1.165) is 16.3 Å². The van der Waals surface area contributed by atoms with Crippen LogP contribution in [-0.2, 0) is 0 Å². The van der Waals surface area contributed by atoms with Gasteiger partial charge in [0.25, 0.3) is 0 Å². The minimum atomic E-state index is -0.0490. The van der Waals surface area contributed by atoms with Crippen LogP contribution in [0, 0.1) is 0 Å². The number of benzene rings is 1. The van der Waals surface area contributed by atoms with E-state index in [-0.39, 0.29) is 4.32 Å². The molecule has 0 saturated heterocycles. The van der Waals surface area contributed by atoms with E-state index in [1.807, 2.05) is 31.2 Å². The fourth-order valence-corrected chi connectivity index (χ4v) is 1.09. The number of aliphatic imine (C=N–C) groups is 1. The fraction of sp³-hybridized carbons (Fsp3) is 0.364. The van der Waals surface area contributed by atoms with Crippen molar-refractivity contribution in [3.63, 3.8) is 0 Å². The Labute approximate surface area is 99.2 Å². The van der Waals surface area contributed by atoms with Crippen LogP contribution in [0.5, 0.6) is 0 Å². The summed E-state index contributed by atoms with van der Waals surface area (Å²) in [5, 5.41) is 0. The number of rotatable bonds is 2. The Balaban J connectivity index is 2.93. The van der Waals surface area contributed by atoms with E-state index in [2.05, 4.69) is 47.4 Å². The molecule has 0 radical (unpaired) electrons. The molecular formula is C11H14BrNS. The Morgan fingerprint density at radius 2 is 1.79 bits per heavy atom. The second kappa shape index (κ2) is 4.49. The zero-order valence-corrected chi connectivity index (χ0v) is 11.1. The molecule has 1 rings (SSSR count). The smallest absolute Gasteiger partial charge is 0.0630 e. The second-order valence-corrected chi connectivity index (χ2v) is 6.18. The van der Waals surface area contributed by atoms with Crippen LogP contribution >= 0.6 is 28.6 Å². The quantitative estimate of drug-likeness (QED) is 0.469. The molecule has 0 spiro atoms. The molecule has 0 atom stereocenters. The SMILES string of the molecule is CC(=Nc1ccc(S)cc1)C(C)(C)Br. The number of halogens is 1. The first kappa shape index (κ1) is 11.8. The minimum absolute atomic E-state index is 0.0490. The highest BCUT2D eigenvalue weighted by molar-refractivity contribution is 9.10. The van der Waals surface area contributed by atoms with E-state index < -0.39 is 0 Å². The molecule has 0 saturated carbocycles. The van der Waals surface area contributed by atoms with Gasteiger partial charge < -0.3 is 0 Å². The first-order chi connectivity index (χ1) is 6.39. The Kier molecular flexibility index (Phi) is 3.78. The van der Waals surface area contributed by atoms with Gasteiger partial charge in [-0.2, -0.15) is 0 Å². The summed E-state index contributed by atoms with van der Waals surface area (Å²) in [7, 11) is 0. The maximum Gasteiger partial charge on any atom is 0.0630 e. The van der Waals surface area contributed by atoms with Gasteiger partial charge in [0, 0.05) is 10.6 Å². The monoisotopic (exact) mass is 271 g/mol. The standard InChI is InChI=1S/C11H14BrNS/c1-8(11(2,3)12)13-9-4-6-10(14)7-5-9/h4-7,14H,1-3H3. The summed E-state index contributed by atoms with van der Waals surface area (Å²) in [6.45, 7) is 6.18. The third kappa shape index (κ3) is 3.46. The third-order valence-corrected chi connectivity index (χ3v) is 2.88. The van der Waals surface area contributed by atoms with Gasteiger partial charge in [0.05, 0.1) is 10.0 Å². The Morgan fingerprint density at radius 1 is 1.29 bits per heavy atom. The number of hydrogen-bond acceptors (Lipinski definition) is 2. The summed E-state index contributed by atoms with van der Waals surface area (Å²) in [6, 6.07) is 7.81. The molecule has 1 nitrogen and oxygen atoms in total. The molecule has 1 aromatic rings. The van der Waals surface area contributed by atoms with Gasteiger partial charge in [-0.05, 0) is 45.0 Å². The molecule has 0 aliphatic carbocycles. The average Bonchev–Trinajstić information content (AvgIpc) is 2.07. The normalized spacial score (nSPS) is 13.1. The van der Waals surface area contributed by atoms with Gasteiger partial charge in [0.15, 0.2) is 0 Å². The van der Waals surface area contributed by atoms with Crippen molar-refractivity contribution in [2.45, 2.75) is 30.0 Å². The third-order valence-electron chi connectivity index (χ3n) is 2.01. The van der Waals surface area contributed by atoms with Crippen LogP contribution < -0.4 is 0 Å². The predicted molar refractivity (Wildman–Crippen MR) is 69.5 cm³/mol. The first-order valence-electron chi connectivity index (χ1n) is 4.43. The zero-order valence-electron chi connectivity index (χ0n) is 8.58. The molecule has 0 amide bonds. The summed E-state index contributed by atoms with van der Waals surface area (Å²) in [5.41, 5.74) is 2.03. The summed E-state index contributed by atoms with van der Waals surface area (Å²) in [4.78, 5) is 5.47. The van der Waals surface area contributed by atoms with Crippen molar-refractivity contribution in [2.75, 3.05) is 0 Å². The average molecular weight is 272 g/mol. The van der Waals surface area contributed by atoms with E-state index in [4.69, 9.17) is 0 Å². The van der Waals surface area contributed by atoms with Gasteiger partial charge in [-0.15, -0.1) is 12.6 Å². The lowest BCUT2D eigenvalue weighted by Gasteiger charge is -2.15. The highest BCUT2D eigenvalue weighted by atomic mass is 79.9. The molecular weight excluding hydrogens is 258 g/mol. The molecule has 0 N–H and O–H groups in total. The van der Waals surface area contributed by atoms with Crippen molar-refractivity contribution in [3.8, 4) is 0 Å². The molecule has 0 aliphatic rings. The molecule has 0 unspecified atom stereocenters. The van der Waals surface area contributed by atoms with Crippen molar-refractivity contribution >= 4 is 40.0 Å². The van der Waals surface area contributed by atoms with E-state index in [9.17, 15) is 0 Å². The maximum absolute atomic E-state index is 4.51. The zero-order chi connectivity index (χ0) is 10.8. The molecule has 0 aliphatic heterocycles. The number of thiol groups is 1. The largest absolute Gasteiger partial charge is 0.257 e. The molecule has 1 aromatic carbocycles. The van der Waals surface area contributed by atoms with Gasteiger partial charge in [-0.3, -0.25) is 4.99 Å². The number of hydrogen-bond donors (Lipinski definition) is 1. The van der Waals surface area contributed by atoms with Crippen molar-refractivity contribution in [1.82, 2.24) is 0 Å². The highest BCUT2D eigenvalue weighted by Crippen LogP contribution is 2.22. The Bertz CT molecular complexity index is 335. The van der Waals surface area contributed by atoms with E-state index in [0.29, 0.717) is 0 Å². The Hall–Kier alpha value is -0.280. The lowest BCUT2D eigenvalue weighted by molar-refractivity contribution is 0.964. The van der Waals surface area contributed by atoms with Gasteiger partial charge in [0.1, 0.15) is 0 Å². The van der Waals surface area contributed by atoms with Gasteiger partial charge in [0.2, 0.25) is 0 Å². The van der Waals surface area contributed by atoms with E-state index in [1.165, 1.54) is 0 Å². The lowest BCUT2D eigenvalue weighted by atomic mass is 10.1. The lowest BCUT2D eigenvalue weighted by Crippen LogP contribution is -2.20. The van der Waals surface area contributed by atoms with Crippen molar-refractivity contribution < 1.29 is 0 Å². The van der Waals surface area contributed by atoms with Crippen LogP contribution in [-0.4, -0.2) is 10.0 Å². The van der Waals surface area contributed by atoms with Gasteiger partial charge >= 0.3 is 0 Å². The second-order valence-electron chi connectivity index (χ2n) is 3.69. The van der Waals surface area contributed by atoms with Crippen LogP contribution in [0.3, 0.4) is 0 Å². The topological polar surface area (TPSA) is 12.4 Å².